The average Bonchev–Trinajstić information content (AvgIpc) is 3.00. The van der Waals surface area contributed by atoms with Crippen molar-refractivity contribution in [2.45, 2.75) is 58.1 Å². The van der Waals surface area contributed by atoms with E-state index >= 15 is 0 Å². The third-order valence-electron chi connectivity index (χ3n) is 6.01. The van der Waals surface area contributed by atoms with E-state index < -0.39 is 48.2 Å². The number of amides is 2. The van der Waals surface area contributed by atoms with Crippen LogP contribution in [0.4, 0.5) is 0 Å². The zero-order valence-corrected chi connectivity index (χ0v) is 23.3. The summed E-state index contributed by atoms with van der Waals surface area (Å²) < 4.78 is 15.9. The monoisotopic (exact) mass is 574 g/mol. The Hall–Kier alpha value is -4.99. The predicted octanol–water partition coefficient (Wildman–Crippen LogP) is 3.38. The van der Waals surface area contributed by atoms with E-state index in [0.717, 1.165) is 16.7 Å². The van der Waals surface area contributed by atoms with Gasteiger partial charge in [0.05, 0.1) is 6.42 Å². The molecule has 2 N–H and O–H groups in total. The largest absolute Gasteiger partial charge is 0.461 e. The van der Waals surface area contributed by atoms with Gasteiger partial charge in [0, 0.05) is 13.3 Å². The highest BCUT2D eigenvalue weighted by atomic mass is 16.5. The summed E-state index contributed by atoms with van der Waals surface area (Å²) in [5.74, 6) is -3.44. The summed E-state index contributed by atoms with van der Waals surface area (Å²) in [7, 11) is 0. The van der Waals surface area contributed by atoms with Gasteiger partial charge in [0.15, 0.2) is 0 Å². The molecule has 10 nitrogen and oxygen atoms in total. The smallest absolute Gasteiger partial charge is 0.328 e. The molecule has 10 heteroatoms. The average molecular weight is 575 g/mol. The van der Waals surface area contributed by atoms with Gasteiger partial charge in [-0.2, -0.15) is 0 Å². The highest BCUT2D eigenvalue weighted by Gasteiger charge is 2.30. The van der Waals surface area contributed by atoms with Crippen LogP contribution in [0.25, 0.3) is 0 Å². The summed E-state index contributed by atoms with van der Waals surface area (Å²) in [6.45, 7) is 1.20. The van der Waals surface area contributed by atoms with E-state index in [2.05, 4.69) is 10.6 Å². The van der Waals surface area contributed by atoms with E-state index in [1.165, 1.54) is 6.92 Å². The first-order chi connectivity index (χ1) is 20.3. The summed E-state index contributed by atoms with van der Waals surface area (Å²) in [5, 5.41) is 4.94. The predicted molar refractivity (Wildman–Crippen MR) is 152 cm³/mol. The molecular formula is C32H34N2O8. The van der Waals surface area contributed by atoms with Crippen molar-refractivity contribution in [2.24, 2.45) is 0 Å². The first-order valence-electron chi connectivity index (χ1n) is 13.5. The van der Waals surface area contributed by atoms with Crippen molar-refractivity contribution in [3.05, 3.63) is 108 Å². The molecule has 0 saturated heterocycles. The molecule has 0 aliphatic heterocycles. The van der Waals surface area contributed by atoms with Gasteiger partial charge >= 0.3 is 17.9 Å². The topological polar surface area (TPSA) is 137 Å². The summed E-state index contributed by atoms with van der Waals surface area (Å²) in [6.07, 6.45) is -0.788. The number of nitrogens with one attached hydrogen (secondary N) is 2. The first-order valence-corrected chi connectivity index (χ1v) is 13.5. The Labute approximate surface area is 244 Å². The van der Waals surface area contributed by atoms with Gasteiger partial charge in [-0.25, -0.2) is 4.79 Å². The van der Waals surface area contributed by atoms with Gasteiger partial charge in [0.2, 0.25) is 11.8 Å². The first kappa shape index (κ1) is 31.5. The van der Waals surface area contributed by atoms with Gasteiger partial charge in [-0.05, 0) is 23.1 Å². The number of rotatable bonds is 15. The molecule has 2 amide bonds. The molecule has 0 unspecified atom stereocenters. The van der Waals surface area contributed by atoms with Crippen molar-refractivity contribution in [3.8, 4) is 0 Å². The number of ether oxygens (including phenoxy) is 3. The lowest BCUT2D eigenvalue weighted by atomic mass is 10.1. The number of carbonyl (C=O) groups excluding carboxylic acids is 5. The maximum absolute atomic E-state index is 13.2. The van der Waals surface area contributed by atoms with E-state index in [-0.39, 0.29) is 32.7 Å². The van der Waals surface area contributed by atoms with E-state index in [0.29, 0.717) is 0 Å². The second-order valence-electron chi connectivity index (χ2n) is 9.44. The summed E-state index contributed by atoms with van der Waals surface area (Å²) in [6, 6.07) is 24.5. The van der Waals surface area contributed by atoms with Crippen LogP contribution in [0.1, 0.15) is 42.9 Å². The normalized spacial score (nSPS) is 11.8. The summed E-state index contributed by atoms with van der Waals surface area (Å²) >= 11 is 0. The molecule has 3 rings (SSSR count). The standard InChI is InChI=1S/C32H34N2O8/c1-23(35)33-28(19-30(37)41-21-25-13-7-3-8-14-25)31(38)34-27(32(39)42-22-26-15-9-4-10-16-26)17-18-29(36)40-20-24-11-5-2-6-12-24/h2-16,27-28H,17-22H2,1H3,(H,33,35)(H,34,38)/t27-,28-/m1/s1. The fraction of sp³-hybridized carbons (Fsp3) is 0.281. The highest BCUT2D eigenvalue weighted by Crippen LogP contribution is 2.10. The molecule has 0 spiro atoms. The fourth-order valence-electron chi connectivity index (χ4n) is 3.84. The fourth-order valence-corrected chi connectivity index (χ4v) is 3.84. The molecule has 0 bridgehead atoms. The second-order valence-corrected chi connectivity index (χ2v) is 9.44. The lowest BCUT2D eigenvalue weighted by Crippen LogP contribution is -2.52. The summed E-state index contributed by atoms with van der Waals surface area (Å²) in [5.41, 5.74) is 2.29. The van der Waals surface area contributed by atoms with Crippen LogP contribution in [0.3, 0.4) is 0 Å². The van der Waals surface area contributed by atoms with Crippen LogP contribution < -0.4 is 10.6 Å². The van der Waals surface area contributed by atoms with Crippen molar-refractivity contribution in [1.82, 2.24) is 10.6 Å². The minimum atomic E-state index is -1.32. The Morgan fingerprint density at radius 2 is 1.05 bits per heavy atom. The molecule has 220 valence electrons. The second kappa shape index (κ2) is 17.0. The Bertz CT molecular complexity index is 1320. The molecule has 42 heavy (non-hydrogen) atoms. The molecule has 0 heterocycles. The van der Waals surface area contributed by atoms with Crippen LogP contribution in [-0.4, -0.2) is 41.8 Å². The van der Waals surface area contributed by atoms with Crippen LogP contribution in [0.5, 0.6) is 0 Å². The molecule has 0 aliphatic carbocycles. The minimum absolute atomic E-state index is 0.00634. The van der Waals surface area contributed by atoms with Gasteiger partial charge in [-0.15, -0.1) is 0 Å². The summed E-state index contributed by atoms with van der Waals surface area (Å²) in [4.78, 5) is 62.9. The van der Waals surface area contributed by atoms with Gasteiger partial charge in [-0.3, -0.25) is 19.2 Å². The van der Waals surface area contributed by atoms with E-state index in [1.54, 1.807) is 48.5 Å². The van der Waals surface area contributed by atoms with Gasteiger partial charge in [-0.1, -0.05) is 91.0 Å². The number of hydrogen-bond acceptors (Lipinski definition) is 8. The third-order valence-corrected chi connectivity index (χ3v) is 6.01. The molecule has 0 saturated carbocycles. The molecule has 0 fully saturated rings. The lowest BCUT2D eigenvalue weighted by molar-refractivity contribution is -0.151. The zero-order chi connectivity index (χ0) is 30.2. The quantitative estimate of drug-likeness (QED) is 0.208. The lowest BCUT2D eigenvalue weighted by Gasteiger charge is -2.22. The Morgan fingerprint density at radius 3 is 1.52 bits per heavy atom. The van der Waals surface area contributed by atoms with Crippen molar-refractivity contribution in [1.29, 1.82) is 0 Å². The Kier molecular flexibility index (Phi) is 12.7. The van der Waals surface area contributed by atoms with Gasteiger partial charge < -0.3 is 24.8 Å². The van der Waals surface area contributed by atoms with Crippen molar-refractivity contribution in [2.75, 3.05) is 0 Å². The SMILES string of the molecule is CC(=O)N[C@H](CC(=O)OCc1ccccc1)C(=O)N[C@H](CCC(=O)OCc1ccccc1)C(=O)OCc1ccccc1. The molecular weight excluding hydrogens is 540 g/mol. The van der Waals surface area contributed by atoms with E-state index in [1.807, 2.05) is 42.5 Å². The number of hydrogen-bond donors (Lipinski definition) is 2. The number of esters is 3. The Morgan fingerprint density at radius 1 is 0.595 bits per heavy atom. The van der Waals surface area contributed by atoms with Crippen LogP contribution in [0.2, 0.25) is 0 Å². The van der Waals surface area contributed by atoms with Crippen LogP contribution in [-0.2, 0) is 58.0 Å². The van der Waals surface area contributed by atoms with Crippen molar-refractivity contribution in [3.63, 3.8) is 0 Å². The van der Waals surface area contributed by atoms with Gasteiger partial charge in [0.1, 0.15) is 31.9 Å². The zero-order valence-electron chi connectivity index (χ0n) is 23.3. The molecule has 2 atom stereocenters. The van der Waals surface area contributed by atoms with E-state index in [9.17, 15) is 24.0 Å². The van der Waals surface area contributed by atoms with Crippen LogP contribution in [0.15, 0.2) is 91.0 Å². The molecule has 0 aliphatic rings. The Balaban J connectivity index is 1.62. The highest BCUT2D eigenvalue weighted by molar-refractivity contribution is 5.93. The number of carbonyl (C=O) groups is 5. The maximum atomic E-state index is 13.2. The molecule has 0 radical (unpaired) electrons. The van der Waals surface area contributed by atoms with E-state index in [4.69, 9.17) is 14.2 Å². The van der Waals surface area contributed by atoms with Gasteiger partial charge in [0.25, 0.3) is 0 Å². The van der Waals surface area contributed by atoms with Crippen LogP contribution >= 0.6 is 0 Å². The third kappa shape index (κ3) is 11.6. The van der Waals surface area contributed by atoms with Crippen molar-refractivity contribution >= 4 is 29.7 Å². The number of benzene rings is 3. The minimum Gasteiger partial charge on any atom is -0.461 e. The molecule has 0 aromatic heterocycles. The van der Waals surface area contributed by atoms with Crippen molar-refractivity contribution < 1.29 is 38.2 Å². The molecule has 3 aromatic rings. The molecule has 3 aromatic carbocycles. The maximum Gasteiger partial charge on any atom is 0.328 e. The van der Waals surface area contributed by atoms with Crippen LogP contribution in [0, 0.1) is 0 Å².